The second-order valence-corrected chi connectivity index (χ2v) is 4.80. The molecule has 13 heavy (non-hydrogen) atoms. The van der Waals surface area contributed by atoms with Gasteiger partial charge in [0.2, 0.25) is 5.91 Å². The lowest BCUT2D eigenvalue weighted by molar-refractivity contribution is -0.134. The average molecular weight is 184 g/mol. The van der Waals surface area contributed by atoms with Crippen molar-refractivity contribution < 1.29 is 4.79 Å². The van der Waals surface area contributed by atoms with Crippen LogP contribution in [0.2, 0.25) is 0 Å². The van der Waals surface area contributed by atoms with Gasteiger partial charge in [0.1, 0.15) is 0 Å². The van der Waals surface area contributed by atoms with Gasteiger partial charge in [-0.05, 0) is 5.41 Å². The molecule has 1 atom stereocenters. The summed E-state index contributed by atoms with van der Waals surface area (Å²) in [5.74, 6) is 0.196. The Bertz CT molecular complexity index is 196. The molecule has 0 aromatic carbocycles. The Morgan fingerprint density at radius 1 is 1.46 bits per heavy atom. The van der Waals surface area contributed by atoms with Gasteiger partial charge in [0.25, 0.3) is 0 Å². The molecule has 1 N–H and O–H groups in total. The van der Waals surface area contributed by atoms with Gasteiger partial charge < -0.3 is 10.2 Å². The van der Waals surface area contributed by atoms with Gasteiger partial charge in [0.15, 0.2) is 0 Å². The first-order chi connectivity index (χ1) is 5.93. The van der Waals surface area contributed by atoms with Crippen LogP contribution in [0.5, 0.6) is 0 Å². The summed E-state index contributed by atoms with van der Waals surface area (Å²) in [6.45, 7) is 10.9. The average Bonchev–Trinajstić information content (AvgIpc) is 2.03. The summed E-state index contributed by atoms with van der Waals surface area (Å²) in [5, 5.41) is 3.33. The molecule has 0 unspecified atom stereocenters. The number of piperazine rings is 1. The zero-order valence-corrected chi connectivity index (χ0v) is 9.05. The quantitative estimate of drug-likeness (QED) is 0.605. The summed E-state index contributed by atoms with van der Waals surface area (Å²) in [7, 11) is 0. The molecular formula is C10H20N2O. The molecule has 1 saturated heterocycles. The predicted molar refractivity (Wildman–Crippen MR) is 53.5 cm³/mol. The number of amides is 1. The van der Waals surface area contributed by atoms with Gasteiger partial charge in [-0.15, -0.1) is 0 Å². The summed E-state index contributed by atoms with van der Waals surface area (Å²) >= 11 is 0. The fraction of sp³-hybridized carbons (Fsp3) is 0.900. The Labute approximate surface area is 80.5 Å². The normalized spacial score (nSPS) is 24.6. The zero-order chi connectivity index (χ0) is 10.1. The maximum absolute atomic E-state index is 11.4. The minimum atomic E-state index is 0.166. The standard InChI is InChI=1S/C10H20N2O/c1-8(13)12-6-5-11-7-9(12)10(2,3)4/h9,11H,5-7H2,1-4H3/t9-/m0/s1. The van der Waals surface area contributed by atoms with E-state index in [1.807, 2.05) is 4.90 Å². The van der Waals surface area contributed by atoms with Crippen LogP contribution in [0.25, 0.3) is 0 Å². The third kappa shape index (κ3) is 2.44. The van der Waals surface area contributed by atoms with Crippen LogP contribution in [0.15, 0.2) is 0 Å². The van der Waals surface area contributed by atoms with E-state index in [1.54, 1.807) is 6.92 Å². The molecule has 1 rings (SSSR count). The maximum atomic E-state index is 11.4. The number of hydrogen-bond acceptors (Lipinski definition) is 2. The van der Waals surface area contributed by atoms with Crippen molar-refractivity contribution >= 4 is 5.91 Å². The smallest absolute Gasteiger partial charge is 0.219 e. The third-order valence-corrected chi connectivity index (χ3v) is 2.65. The van der Waals surface area contributed by atoms with Gasteiger partial charge in [0, 0.05) is 32.6 Å². The molecule has 0 aromatic heterocycles. The van der Waals surface area contributed by atoms with Gasteiger partial charge in [-0.25, -0.2) is 0 Å². The lowest BCUT2D eigenvalue weighted by Gasteiger charge is -2.43. The first-order valence-corrected chi connectivity index (χ1v) is 4.91. The van der Waals surface area contributed by atoms with E-state index in [9.17, 15) is 4.79 Å². The fourth-order valence-electron chi connectivity index (χ4n) is 1.85. The Kier molecular flexibility index (Phi) is 2.96. The van der Waals surface area contributed by atoms with Crippen LogP contribution in [0.3, 0.4) is 0 Å². The molecule has 1 amide bonds. The topological polar surface area (TPSA) is 32.3 Å². The number of carbonyl (C=O) groups excluding carboxylic acids is 1. The van der Waals surface area contributed by atoms with Crippen molar-refractivity contribution in [1.82, 2.24) is 10.2 Å². The van der Waals surface area contributed by atoms with Gasteiger partial charge in [0.05, 0.1) is 0 Å². The van der Waals surface area contributed by atoms with Gasteiger partial charge in [-0.1, -0.05) is 20.8 Å². The van der Waals surface area contributed by atoms with Crippen molar-refractivity contribution in [1.29, 1.82) is 0 Å². The van der Waals surface area contributed by atoms with Crippen LogP contribution in [-0.2, 0) is 4.79 Å². The van der Waals surface area contributed by atoms with E-state index in [0.29, 0.717) is 6.04 Å². The summed E-state index contributed by atoms with van der Waals surface area (Å²) in [5.41, 5.74) is 0.166. The Morgan fingerprint density at radius 2 is 2.08 bits per heavy atom. The summed E-state index contributed by atoms with van der Waals surface area (Å²) < 4.78 is 0. The predicted octanol–water partition coefficient (Wildman–Crippen LogP) is 0.853. The van der Waals surface area contributed by atoms with E-state index in [2.05, 4.69) is 26.1 Å². The van der Waals surface area contributed by atoms with Crippen molar-refractivity contribution in [3.05, 3.63) is 0 Å². The molecule has 0 aromatic rings. The lowest BCUT2D eigenvalue weighted by Crippen LogP contribution is -2.57. The molecule has 76 valence electrons. The summed E-state index contributed by atoms with van der Waals surface area (Å²) in [6, 6.07) is 0.332. The van der Waals surface area contributed by atoms with E-state index in [4.69, 9.17) is 0 Å². The molecule has 1 aliphatic rings. The highest BCUT2D eigenvalue weighted by Crippen LogP contribution is 2.25. The molecule has 1 heterocycles. The minimum Gasteiger partial charge on any atom is -0.337 e. The van der Waals surface area contributed by atoms with Crippen LogP contribution >= 0.6 is 0 Å². The fourth-order valence-corrected chi connectivity index (χ4v) is 1.85. The molecule has 0 aliphatic carbocycles. The van der Waals surface area contributed by atoms with Crippen LogP contribution in [0.1, 0.15) is 27.7 Å². The van der Waals surface area contributed by atoms with Crippen molar-refractivity contribution in [2.45, 2.75) is 33.7 Å². The van der Waals surface area contributed by atoms with Crippen molar-refractivity contribution in [3.63, 3.8) is 0 Å². The molecule has 0 spiro atoms. The van der Waals surface area contributed by atoms with Crippen LogP contribution in [0, 0.1) is 5.41 Å². The largest absolute Gasteiger partial charge is 0.337 e. The highest BCUT2D eigenvalue weighted by molar-refractivity contribution is 5.73. The second-order valence-electron chi connectivity index (χ2n) is 4.80. The van der Waals surface area contributed by atoms with Crippen molar-refractivity contribution in [2.75, 3.05) is 19.6 Å². The Hall–Kier alpha value is -0.570. The van der Waals surface area contributed by atoms with Gasteiger partial charge in [-0.2, -0.15) is 0 Å². The number of carbonyl (C=O) groups is 1. The Balaban J connectivity index is 2.73. The third-order valence-electron chi connectivity index (χ3n) is 2.65. The lowest BCUT2D eigenvalue weighted by atomic mass is 9.84. The highest BCUT2D eigenvalue weighted by Gasteiger charge is 2.33. The molecule has 0 bridgehead atoms. The number of nitrogens with zero attached hydrogens (tertiary/aromatic N) is 1. The van der Waals surface area contributed by atoms with Crippen LogP contribution in [-0.4, -0.2) is 36.5 Å². The zero-order valence-electron chi connectivity index (χ0n) is 9.05. The van der Waals surface area contributed by atoms with E-state index in [1.165, 1.54) is 0 Å². The number of rotatable bonds is 0. The maximum Gasteiger partial charge on any atom is 0.219 e. The van der Waals surface area contributed by atoms with Crippen molar-refractivity contribution in [2.24, 2.45) is 5.41 Å². The number of nitrogens with one attached hydrogen (secondary N) is 1. The van der Waals surface area contributed by atoms with Gasteiger partial charge >= 0.3 is 0 Å². The number of hydrogen-bond donors (Lipinski definition) is 1. The molecule has 0 radical (unpaired) electrons. The van der Waals surface area contributed by atoms with Gasteiger partial charge in [-0.3, -0.25) is 4.79 Å². The molecule has 1 aliphatic heterocycles. The SMILES string of the molecule is CC(=O)N1CCNC[C@H]1C(C)(C)C. The van der Waals surface area contributed by atoms with Crippen molar-refractivity contribution in [3.8, 4) is 0 Å². The Morgan fingerprint density at radius 3 is 2.46 bits per heavy atom. The summed E-state index contributed by atoms with van der Waals surface area (Å²) in [6.07, 6.45) is 0. The molecule has 3 heteroatoms. The molecule has 3 nitrogen and oxygen atoms in total. The first-order valence-electron chi connectivity index (χ1n) is 4.91. The second kappa shape index (κ2) is 3.66. The first kappa shape index (κ1) is 10.5. The monoisotopic (exact) mass is 184 g/mol. The molecular weight excluding hydrogens is 164 g/mol. The van der Waals surface area contributed by atoms with Crippen LogP contribution in [0.4, 0.5) is 0 Å². The molecule has 0 saturated carbocycles. The van der Waals surface area contributed by atoms with E-state index < -0.39 is 0 Å². The molecule has 1 fully saturated rings. The highest BCUT2D eigenvalue weighted by atomic mass is 16.2. The van der Waals surface area contributed by atoms with E-state index >= 15 is 0 Å². The minimum absolute atomic E-state index is 0.166. The van der Waals surface area contributed by atoms with E-state index in [-0.39, 0.29) is 11.3 Å². The summed E-state index contributed by atoms with van der Waals surface area (Å²) in [4.78, 5) is 13.3. The van der Waals surface area contributed by atoms with E-state index in [0.717, 1.165) is 19.6 Å². The van der Waals surface area contributed by atoms with Crippen LogP contribution < -0.4 is 5.32 Å².